The molecule has 0 spiro atoms. The quantitative estimate of drug-likeness (QED) is 0.323. The van der Waals surface area contributed by atoms with E-state index >= 15 is 0 Å². The van der Waals surface area contributed by atoms with E-state index in [-0.39, 0.29) is 52.0 Å². The molecule has 0 N–H and O–H groups in total. The summed E-state index contributed by atoms with van der Waals surface area (Å²) in [5.41, 5.74) is 6.24. The zero-order valence-corrected chi connectivity index (χ0v) is 21.9. The molecular weight excluding hydrogens is 478 g/mol. The maximum atomic E-state index is 13.7. The maximum absolute atomic E-state index is 13.7. The first-order chi connectivity index (χ1) is 16.0. The van der Waals surface area contributed by atoms with Crippen molar-refractivity contribution in [2.45, 2.75) is 12.3 Å². The Balaban J connectivity index is 0.00000274. The van der Waals surface area contributed by atoms with Crippen LogP contribution in [0, 0.1) is 5.82 Å². The first-order valence-electron chi connectivity index (χ1n) is 10.4. The van der Waals surface area contributed by atoms with Gasteiger partial charge in [0.1, 0.15) is 5.82 Å². The summed E-state index contributed by atoms with van der Waals surface area (Å²) >= 11 is 10.8. The van der Waals surface area contributed by atoms with Gasteiger partial charge in [0.15, 0.2) is 0 Å². The summed E-state index contributed by atoms with van der Waals surface area (Å²) in [6, 6.07) is 16.6. The molecule has 1 unspecified atom stereocenters. The number of halogens is 2. The molecule has 7 heteroatoms. The standard InChI is InChI=1S/C27H18ClFN2OS.Na/c28-23-15-26-18(13-24(23)29)6-9-19(31-26)8-4-16-3-5-17-7-10-25-20(2-1-11-30-25)22(14-27(32)33)21(17)12-16;/h1-13,15,22H,14H2,(H,32,33);/q;+1/p-1/b8-4+;. The van der Waals surface area contributed by atoms with Gasteiger partial charge in [0.25, 0.3) is 0 Å². The topological polar surface area (TPSA) is 48.8 Å². The van der Waals surface area contributed by atoms with Gasteiger partial charge in [-0.25, -0.2) is 9.37 Å². The predicted octanol–water partition coefficient (Wildman–Crippen LogP) is 3.29. The van der Waals surface area contributed by atoms with Crippen molar-refractivity contribution in [3.05, 3.63) is 105 Å². The van der Waals surface area contributed by atoms with Crippen LogP contribution >= 0.6 is 23.8 Å². The van der Waals surface area contributed by atoms with Gasteiger partial charge in [-0.1, -0.05) is 59.1 Å². The molecule has 0 saturated carbocycles. The molecule has 2 aromatic heterocycles. The van der Waals surface area contributed by atoms with Gasteiger partial charge in [-0.2, -0.15) is 0 Å². The smallest absolute Gasteiger partial charge is 0.867 e. The number of benzene rings is 2. The van der Waals surface area contributed by atoms with Gasteiger partial charge in [0, 0.05) is 17.5 Å². The second kappa shape index (κ2) is 10.5. The van der Waals surface area contributed by atoms with Crippen molar-refractivity contribution < 1.29 is 39.1 Å². The summed E-state index contributed by atoms with van der Waals surface area (Å²) in [6.07, 6.45) is 9.84. The summed E-state index contributed by atoms with van der Waals surface area (Å²) in [5, 5.41) is 12.4. The van der Waals surface area contributed by atoms with Crippen LogP contribution in [0.5, 0.6) is 0 Å². The zero-order chi connectivity index (χ0) is 22.9. The number of pyridine rings is 2. The number of thiocarbonyl (C=S) groups is 1. The molecule has 0 saturated heterocycles. The average Bonchev–Trinajstić information content (AvgIpc) is 2.95. The maximum Gasteiger partial charge on any atom is 1.00 e. The van der Waals surface area contributed by atoms with E-state index in [0.717, 1.165) is 33.6 Å². The fourth-order valence-electron chi connectivity index (χ4n) is 4.15. The molecule has 162 valence electrons. The molecule has 3 nitrogen and oxygen atoms in total. The molecule has 0 aliphatic heterocycles. The van der Waals surface area contributed by atoms with Crippen molar-refractivity contribution in [2.24, 2.45) is 0 Å². The Kier molecular flexibility index (Phi) is 7.60. The summed E-state index contributed by atoms with van der Waals surface area (Å²) in [4.78, 5) is 9.03. The van der Waals surface area contributed by atoms with E-state index in [0.29, 0.717) is 10.9 Å². The third-order valence-electron chi connectivity index (χ3n) is 5.72. The Morgan fingerprint density at radius 3 is 2.74 bits per heavy atom. The molecule has 0 bridgehead atoms. The predicted molar refractivity (Wildman–Crippen MR) is 134 cm³/mol. The minimum absolute atomic E-state index is 0. The van der Waals surface area contributed by atoms with Crippen LogP contribution in [-0.2, 0) is 0 Å². The van der Waals surface area contributed by atoms with E-state index in [1.54, 1.807) is 6.20 Å². The van der Waals surface area contributed by atoms with Gasteiger partial charge in [0.2, 0.25) is 0 Å². The van der Waals surface area contributed by atoms with Crippen molar-refractivity contribution >= 4 is 64.1 Å². The fraction of sp³-hybridized carbons (Fsp3) is 0.0741. The molecular formula is C27H17ClFN2NaOS. The Morgan fingerprint density at radius 1 is 1.06 bits per heavy atom. The van der Waals surface area contributed by atoms with Gasteiger partial charge in [-0.05, 0) is 65.1 Å². The number of aromatic nitrogens is 2. The van der Waals surface area contributed by atoms with Crippen molar-refractivity contribution in [1.82, 2.24) is 9.97 Å². The van der Waals surface area contributed by atoms with E-state index in [1.807, 2.05) is 60.7 Å². The van der Waals surface area contributed by atoms with Crippen LogP contribution < -0.4 is 34.7 Å². The minimum Gasteiger partial charge on any atom is -0.867 e. The van der Waals surface area contributed by atoms with E-state index < -0.39 is 5.82 Å². The van der Waals surface area contributed by atoms with Crippen LogP contribution in [0.2, 0.25) is 5.02 Å². The number of hydrogen-bond donors (Lipinski definition) is 0. The number of fused-ring (bicyclic) bond motifs is 3. The number of hydrogen-bond acceptors (Lipinski definition) is 4. The molecule has 2 aromatic carbocycles. The first kappa shape index (κ1) is 24.7. The normalized spacial score (nSPS) is 14.4. The van der Waals surface area contributed by atoms with Gasteiger partial charge in [-0.15, -0.1) is 12.2 Å². The molecule has 34 heavy (non-hydrogen) atoms. The molecule has 4 aromatic rings. The summed E-state index contributed by atoms with van der Waals surface area (Å²) in [5.74, 6) is -0.620. The third kappa shape index (κ3) is 5.14. The zero-order valence-electron chi connectivity index (χ0n) is 18.3. The van der Waals surface area contributed by atoms with Gasteiger partial charge < -0.3 is 5.11 Å². The van der Waals surface area contributed by atoms with Crippen LogP contribution in [0.3, 0.4) is 0 Å². The molecule has 0 radical (unpaired) electrons. The van der Waals surface area contributed by atoms with Crippen LogP contribution in [0.1, 0.15) is 46.0 Å². The van der Waals surface area contributed by atoms with Crippen LogP contribution in [-0.4, -0.2) is 15.0 Å². The monoisotopic (exact) mass is 494 g/mol. The Bertz CT molecular complexity index is 1470. The number of rotatable bonds is 4. The SMILES string of the molecule is [Na+].[O-]C(=S)CC1c2cc(/C=C/c3ccc4cc(F)c(Cl)cc4n3)ccc2C=Cc2ncccc21. The van der Waals surface area contributed by atoms with Crippen LogP contribution in [0.15, 0.2) is 60.8 Å². The van der Waals surface area contributed by atoms with E-state index in [2.05, 4.69) is 16.0 Å². The van der Waals surface area contributed by atoms with Crippen molar-refractivity contribution in [3.63, 3.8) is 0 Å². The first-order valence-corrected chi connectivity index (χ1v) is 11.2. The minimum atomic E-state index is -0.461. The van der Waals surface area contributed by atoms with Gasteiger partial charge in [-0.3, -0.25) is 4.98 Å². The molecule has 1 aliphatic rings. The number of nitrogens with zero attached hydrogens (tertiary/aromatic N) is 2. The molecule has 1 atom stereocenters. The van der Waals surface area contributed by atoms with Crippen LogP contribution in [0.4, 0.5) is 4.39 Å². The molecule has 1 aliphatic carbocycles. The van der Waals surface area contributed by atoms with E-state index in [4.69, 9.17) is 23.8 Å². The molecule has 2 heterocycles. The van der Waals surface area contributed by atoms with Crippen molar-refractivity contribution in [1.29, 1.82) is 0 Å². The Hall–Kier alpha value is -2.41. The fourth-order valence-corrected chi connectivity index (χ4v) is 4.47. The second-order valence-electron chi connectivity index (χ2n) is 7.86. The Morgan fingerprint density at radius 2 is 1.91 bits per heavy atom. The van der Waals surface area contributed by atoms with Crippen molar-refractivity contribution in [3.8, 4) is 0 Å². The molecule has 0 fully saturated rings. The largest absolute Gasteiger partial charge is 1.00 e. The summed E-state index contributed by atoms with van der Waals surface area (Å²) in [6.45, 7) is 0. The van der Waals surface area contributed by atoms with E-state index in [1.165, 1.54) is 12.1 Å². The molecule has 5 rings (SSSR count). The molecule has 0 amide bonds. The Labute approximate surface area is 229 Å². The summed E-state index contributed by atoms with van der Waals surface area (Å²) in [7, 11) is 0. The van der Waals surface area contributed by atoms with E-state index in [9.17, 15) is 9.50 Å². The average molecular weight is 495 g/mol. The second-order valence-corrected chi connectivity index (χ2v) is 8.72. The summed E-state index contributed by atoms with van der Waals surface area (Å²) < 4.78 is 13.7. The third-order valence-corrected chi connectivity index (χ3v) is 6.18. The van der Waals surface area contributed by atoms with Gasteiger partial charge in [0.05, 0.1) is 21.9 Å². The van der Waals surface area contributed by atoms with Crippen LogP contribution in [0.25, 0.3) is 35.2 Å². The van der Waals surface area contributed by atoms with Gasteiger partial charge >= 0.3 is 29.6 Å². The van der Waals surface area contributed by atoms with Crippen molar-refractivity contribution in [2.75, 3.05) is 0 Å².